The van der Waals surface area contributed by atoms with E-state index in [-0.39, 0.29) is 6.04 Å². The second kappa shape index (κ2) is 7.73. The minimum Gasteiger partial charge on any atom is -0.271 e. The summed E-state index contributed by atoms with van der Waals surface area (Å²) in [7, 11) is 0. The van der Waals surface area contributed by atoms with E-state index in [9.17, 15) is 0 Å². The Morgan fingerprint density at radius 3 is 2.57 bits per heavy atom. The minimum absolute atomic E-state index is 0.187. The van der Waals surface area contributed by atoms with Gasteiger partial charge >= 0.3 is 0 Å². The Morgan fingerprint density at radius 2 is 1.95 bits per heavy atom. The number of nitrogens with zero attached hydrogens (tertiary/aromatic N) is 2. The quantitative estimate of drug-likeness (QED) is 0.595. The zero-order chi connectivity index (χ0) is 15.2. The molecule has 1 aromatic heterocycles. The van der Waals surface area contributed by atoms with E-state index in [1.165, 1.54) is 5.56 Å². The van der Waals surface area contributed by atoms with Gasteiger partial charge in [-0.1, -0.05) is 35.0 Å². The van der Waals surface area contributed by atoms with Crippen LogP contribution in [-0.2, 0) is 12.8 Å². The van der Waals surface area contributed by atoms with Gasteiger partial charge in [0.05, 0.1) is 5.69 Å². The largest absolute Gasteiger partial charge is 0.271 e. The maximum Gasteiger partial charge on any atom is 0.0640 e. The SMILES string of the molecule is CCC(C)n1ccc(CC(Cc2ccc(Br)cc2)NN)n1. The van der Waals surface area contributed by atoms with Crippen LogP contribution in [0.25, 0.3) is 0 Å². The van der Waals surface area contributed by atoms with Crippen LogP contribution in [0.4, 0.5) is 0 Å². The molecule has 2 rings (SSSR count). The molecule has 0 aliphatic carbocycles. The number of benzene rings is 1. The van der Waals surface area contributed by atoms with Gasteiger partial charge in [0.2, 0.25) is 0 Å². The molecule has 0 radical (unpaired) electrons. The van der Waals surface area contributed by atoms with Gasteiger partial charge in [0.1, 0.15) is 0 Å². The molecule has 1 heterocycles. The van der Waals surface area contributed by atoms with Gasteiger partial charge in [-0.05, 0) is 43.5 Å². The van der Waals surface area contributed by atoms with Crippen molar-refractivity contribution < 1.29 is 0 Å². The first kappa shape index (κ1) is 16.2. The molecule has 0 saturated heterocycles. The number of nitrogens with one attached hydrogen (secondary N) is 1. The van der Waals surface area contributed by atoms with Crippen LogP contribution in [0.1, 0.15) is 37.6 Å². The van der Waals surface area contributed by atoms with E-state index in [2.05, 4.69) is 76.8 Å². The van der Waals surface area contributed by atoms with Crippen molar-refractivity contribution in [3.05, 3.63) is 52.3 Å². The van der Waals surface area contributed by atoms with Crippen molar-refractivity contribution in [1.82, 2.24) is 15.2 Å². The molecular weight excluding hydrogens is 328 g/mol. The summed E-state index contributed by atoms with van der Waals surface area (Å²) in [5, 5.41) is 4.64. The van der Waals surface area contributed by atoms with Gasteiger partial charge in [0.25, 0.3) is 0 Å². The van der Waals surface area contributed by atoms with Crippen LogP contribution in [0.3, 0.4) is 0 Å². The number of nitrogens with two attached hydrogens (primary N) is 1. The topological polar surface area (TPSA) is 55.9 Å². The average molecular weight is 351 g/mol. The van der Waals surface area contributed by atoms with Crippen molar-refractivity contribution >= 4 is 15.9 Å². The lowest BCUT2D eigenvalue weighted by Crippen LogP contribution is -2.38. The van der Waals surface area contributed by atoms with Crippen LogP contribution in [-0.4, -0.2) is 15.8 Å². The second-order valence-electron chi connectivity index (χ2n) is 5.44. The lowest BCUT2D eigenvalue weighted by molar-refractivity contribution is 0.464. The average Bonchev–Trinajstić information content (AvgIpc) is 2.96. The van der Waals surface area contributed by atoms with E-state index in [0.717, 1.165) is 29.4 Å². The molecule has 4 nitrogen and oxygen atoms in total. The first-order chi connectivity index (χ1) is 10.1. The fraction of sp³-hybridized carbons (Fsp3) is 0.438. The minimum atomic E-state index is 0.187. The molecule has 0 aliphatic heterocycles. The van der Waals surface area contributed by atoms with Gasteiger partial charge in [-0.3, -0.25) is 16.0 Å². The summed E-state index contributed by atoms with van der Waals surface area (Å²) in [4.78, 5) is 0. The predicted octanol–water partition coefficient (Wildman–Crippen LogP) is 3.23. The molecule has 2 aromatic rings. The zero-order valence-electron chi connectivity index (χ0n) is 12.6. The molecule has 0 fully saturated rings. The van der Waals surface area contributed by atoms with Crippen LogP contribution in [0.5, 0.6) is 0 Å². The van der Waals surface area contributed by atoms with Gasteiger partial charge in [0.15, 0.2) is 0 Å². The van der Waals surface area contributed by atoms with Crippen molar-refractivity contribution in [3.63, 3.8) is 0 Å². The lowest BCUT2D eigenvalue weighted by atomic mass is 10.0. The number of hydrazine groups is 1. The summed E-state index contributed by atoms with van der Waals surface area (Å²) in [5.74, 6) is 5.70. The van der Waals surface area contributed by atoms with Crippen molar-refractivity contribution in [3.8, 4) is 0 Å². The summed E-state index contributed by atoms with van der Waals surface area (Å²) in [6.07, 6.45) is 4.85. The Hall–Kier alpha value is -1.17. The molecule has 21 heavy (non-hydrogen) atoms. The third kappa shape index (κ3) is 4.66. The van der Waals surface area contributed by atoms with Gasteiger partial charge in [0, 0.05) is 29.2 Å². The smallest absolute Gasteiger partial charge is 0.0640 e. The van der Waals surface area contributed by atoms with Crippen molar-refractivity contribution in [2.24, 2.45) is 5.84 Å². The van der Waals surface area contributed by atoms with E-state index < -0.39 is 0 Å². The second-order valence-corrected chi connectivity index (χ2v) is 6.36. The Bertz CT molecular complexity index is 550. The van der Waals surface area contributed by atoms with Gasteiger partial charge < -0.3 is 0 Å². The molecule has 1 aromatic carbocycles. The number of aromatic nitrogens is 2. The highest BCUT2D eigenvalue weighted by Crippen LogP contribution is 2.14. The Kier molecular flexibility index (Phi) is 5.96. The summed E-state index contributed by atoms with van der Waals surface area (Å²) in [6, 6.07) is 11.1. The van der Waals surface area contributed by atoms with Crippen LogP contribution < -0.4 is 11.3 Å². The normalized spacial score (nSPS) is 14.1. The molecule has 2 atom stereocenters. The number of hydrogen-bond donors (Lipinski definition) is 2. The Morgan fingerprint density at radius 1 is 1.24 bits per heavy atom. The highest BCUT2D eigenvalue weighted by atomic mass is 79.9. The van der Waals surface area contributed by atoms with E-state index in [1.54, 1.807) is 0 Å². The molecular formula is C16H23BrN4. The fourth-order valence-electron chi connectivity index (χ4n) is 2.27. The fourth-order valence-corrected chi connectivity index (χ4v) is 2.53. The predicted molar refractivity (Wildman–Crippen MR) is 89.9 cm³/mol. The van der Waals surface area contributed by atoms with E-state index in [1.807, 2.05) is 4.68 Å². The first-order valence-electron chi connectivity index (χ1n) is 7.37. The molecule has 0 saturated carbocycles. The zero-order valence-corrected chi connectivity index (χ0v) is 14.2. The molecule has 5 heteroatoms. The Labute approximate surface area is 134 Å². The van der Waals surface area contributed by atoms with Gasteiger partial charge in [-0.25, -0.2) is 0 Å². The van der Waals surface area contributed by atoms with Gasteiger partial charge in [-0.15, -0.1) is 0 Å². The third-order valence-electron chi connectivity index (χ3n) is 3.79. The molecule has 2 unspecified atom stereocenters. The highest BCUT2D eigenvalue weighted by molar-refractivity contribution is 9.10. The lowest BCUT2D eigenvalue weighted by Gasteiger charge is -2.15. The monoisotopic (exact) mass is 350 g/mol. The third-order valence-corrected chi connectivity index (χ3v) is 4.32. The van der Waals surface area contributed by atoms with Crippen LogP contribution in [0.15, 0.2) is 41.0 Å². The highest BCUT2D eigenvalue weighted by Gasteiger charge is 2.12. The van der Waals surface area contributed by atoms with Crippen molar-refractivity contribution in [2.75, 3.05) is 0 Å². The molecule has 0 amide bonds. The van der Waals surface area contributed by atoms with Crippen LogP contribution in [0.2, 0.25) is 0 Å². The Balaban J connectivity index is 1.98. The van der Waals surface area contributed by atoms with E-state index in [4.69, 9.17) is 5.84 Å². The molecule has 114 valence electrons. The summed E-state index contributed by atoms with van der Waals surface area (Å²) >= 11 is 3.45. The number of halogens is 1. The van der Waals surface area contributed by atoms with Crippen molar-refractivity contribution in [2.45, 2.75) is 45.2 Å². The van der Waals surface area contributed by atoms with Crippen LogP contribution in [0, 0.1) is 0 Å². The molecule has 0 bridgehead atoms. The number of hydrogen-bond acceptors (Lipinski definition) is 3. The summed E-state index contributed by atoms with van der Waals surface area (Å²) in [6.45, 7) is 4.35. The molecule has 0 aliphatic rings. The number of rotatable bonds is 7. The first-order valence-corrected chi connectivity index (χ1v) is 8.16. The maximum atomic E-state index is 5.70. The van der Waals surface area contributed by atoms with Crippen molar-refractivity contribution in [1.29, 1.82) is 0 Å². The van der Waals surface area contributed by atoms with Gasteiger partial charge in [-0.2, -0.15) is 5.10 Å². The van der Waals surface area contributed by atoms with Crippen LogP contribution >= 0.6 is 15.9 Å². The molecule has 3 N–H and O–H groups in total. The molecule has 0 spiro atoms. The summed E-state index contributed by atoms with van der Waals surface area (Å²) < 4.78 is 3.12. The summed E-state index contributed by atoms with van der Waals surface area (Å²) in [5.41, 5.74) is 5.25. The van der Waals surface area contributed by atoms with E-state index in [0.29, 0.717) is 6.04 Å². The maximum absolute atomic E-state index is 5.70. The standard InChI is InChI=1S/C16H23BrN4/c1-3-12(2)21-9-8-15(20-21)11-16(19-18)10-13-4-6-14(17)7-5-13/h4-9,12,16,19H,3,10-11,18H2,1-2H3. The van der Waals surface area contributed by atoms with E-state index >= 15 is 0 Å².